The van der Waals surface area contributed by atoms with Crippen LogP contribution in [-0.2, 0) is 11.3 Å². The summed E-state index contributed by atoms with van der Waals surface area (Å²) in [6.07, 6.45) is 4.39. The summed E-state index contributed by atoms with van der Waals surface area (Å²) in [5, 5.41) is 17.4. The van der Waals surface area contributed by atoms with Crippen LogP contribution in [0.25, 0.3) is 0 Å². The van der Waals surface area contributed by atoms with Crippen LogP contribution in [0.2, 0.25) is 0 Å². The van der Waals surface area contributed by atoms with Crippen molar-refractivity contribution in [1.82, 2.24) is 15.5 Å². The molecule has 1 saturated heterocycles. The molecule has 0 amide bonds. The van der Waals surface area contributed by atoms with Crippen LogP contribution < -0.4 is 15.5 Å². The smallest absolute Gasteiger partial charge is 0.191 e. The fraction of sp³-hybridized carbons (Fsp3) is 0.591. The van der Waals surface area contributed by atoms with Crippen molar-refractivity contribution in [2.45, 2.75) is 26.0 Å². The first-order valence-electron chi connectivity index (χ1n) is 10.6. The summed E-state index contributed by atoms with van der Waals surface area (Å²) >= 11 is 0. The molecule has 0 bridgehead atoms. The van der Waals surface area contributed by atoms with Gasteiger partial charge in [0.2, 0.25) is 0 Å². The third kappa shape index (κ3) is 7.03. The SMILES string of the molecule is CCNC(=NCc1cccc(N2CC=CC2)c1)NCC(C)(O)CN1CCOCC1. The van der Waals surface area contributed by atoms with E-state index >= 15 is 0 Å². The zero-order valence-electron chi connectivity index (χ0n) is 17.7. The number of guanidine groups is 1. The number of nitrogens with zero attached hydrogens (tertiary/aromatic N) is 3. The van der Waals surface area contributed by atoms with Gasteiger partial charge in [-0.05, 0) is 31.5 Å². The number of hydrogen-bond donors (Lipinski definition) is 3. The fourth-order valence-corrected chi connectivity index (χ4v) is 3.62. The van der Waals surface area contributed by atoms with Gasteiger partial charge in [-0.2, -0.15) is 0 Å². The molecule has 2 aliphatic rings. The summed E-state index contributed by atoms with van der Waals surface area (Å²) in [6, 6.07) is 8.54. The van der Waals surface area contributed by atoms with Gasteiger partial charge in [-0.15, -0.1) is 0 Å². The highest BCUT2D eigenvalue weighted by atomic mass is 16.5. The Labute approximate surface area is 174 Å². The second-order valence-corrected chi connectivity index (χ2v) is 7.98. The van der Waals surface area contributed by atoms with Crippen LogP contribution in [-0.4, -0.2) is 80.6 Å². The summed E-state index contributed by atoms with van der Waals surface area (Å²) in [5.41, 5.74) is 1.57. The maximum Gasteiger partial charge on any atom is 0.191 e. The second-order valence-electron chi connectivity index (χ2n) is 7.98. The van der Waals surface area contributed by atoms with Crippen LogP contribution in [0.15, 0.2) is 41.4 Å². The molecule has 0 aromatic heterocycles. The molecule has 2 heterocycles. The lowest BCUT2D eigenvalue weighted by Gasteiger charge is -2.34. The number of aliphatic hydroxyl groups is 1. The van der Waals surface area contributed by atoms with Crippen molar-refractivity contribution in [2.75, 3.05) is 63.9 Å². The van der Waals surface area contributed by atoms with Gasteiger partial charge in [0.1, 0.15) is 0 Å². The van der Waals surface area contributed by atoms with Crippen LogP contribution in [0.3, 0.4) is 0 Å². The standard InChI is InChI=1S/C22H35N5O2/c1-3-23-21(25-17-22(2,28)18-26-11-13-29-14-12-26)24-16-19-7-6-8-20(15-19)27-9-4-5-10-27/h4-8,15,28H,3,9-14,16-18H2,1-2H3,(H2,23,24,25). The van der Waals surface area contributed by atoms with Gasteiger partial charge in [-0.1, -0.05) is 24.3 Å². The summed E-state index contributed by atoms with van der Waals surface area (Å²) in [4.78, 5) is 9.29. The lowest BCUT2D eigenvalue weighted by atomic mass is 10.1. The molecule has 1 unspecified atom stereocenters. The minimum Gasteiger partial charge on any atom is -0.387 e. The number of ether oxygens (including phenoxy) is 1. The largest absolute Gasteiger partial charge is 0.387 e. The fourth-order valence-electron chi connectivity index (χ4n) is 3.62. The first-order chi connectivity index (χ1) is 14.1. The number of morpholine rings is 1. The number of aliphatic imine (C=N–C) groups is 1. The van der Waals surface area contributed by atoms with Crippen molar-refractivity contribution in [3.63, 3.8) is 0 Å². The summed E-state index contributed by atoms with van der Waals surface area (Å²) in [5.74, 6) is 0.725. The first-order valence-corrected chi connectivity index (χ1v) is 10.6. The average molecular weight is 402 g/mol. The van der Waals surface area contributed by atoms with Crippen molar-refractivity contribution in [3.8, 4) is 0 Å². The molecule has 1 aromatic carbocycles. The molecule has 7 heteroatoms. The topological polar surface area (TPSA) is 72.4 Å². The number of anilines is 1. The van der Waals surface area contributed by atoms with E-state index < -0.39 is 5.60 Å². The Kier molecular flexibility index (Phi) is 7.91. The van der Waals surface area contributed by atoms with E-state index in [0.29, 0.717) is 19.6 Å². The van der Waals surface area contributed by atoms with Gasteiger partial charge in [0, 0.05) is 51.5 Å². The predicted octanol–water partition coefficient (Wildman–Crippen LogP) is 1.20. The summed E-state index contributed by atoms with van der Waals surface area (Å²) in [6.45, 7) is 11.5. The van der Waals surface area contributed by atoms with E-state index in [2.05, 4.69) is 56.9 Å². The highest BCUT2D eigenvalue weighted by Gasteiger charge is 2.25. The molecule has 1 aromatic rings. The Morgan fingerprint density at radius 1 is 1.21 bits per heavy atom. The zero-order chi connectivity index (χ0) is 20.5. The van der Waals surface area contributed by atoms with Crippen LogP contribution in [0.4, 0.5) is 5.69 Å². The quantitative estimate of drug-likeness (QED) is 0.345. The molecule has 1 fully saturated rings. The molecule has 0 saturated carbocycles. The lowest BCUT2D eigenvalue weighted by Crippen LogP contribution is -2.52. The summed E-state index contributed by atoms with van der Waals surface area (Å²) in [7, 11) is 0. The third-order valence-electron chi connectivity index (χ3n) is 5.16. The molecule has 2 aliphatic heterocycles. The van der Waals surface area contributed by atoms with Crippen LogP contribution in [0.5, 0.6) is 0 Å². The van der Waals surface area contributed by atoms with Gasteiger partial charge in [0.25, 0.3) is 0 Å². The molecule has 3 rings (SSSR count). The Balaban J connectivity index is 1.54. The van der Waals surface area contributed by atoms with E-state index in [1.807, 2.05) is 13.8 Å². The highest BCUT2D eigenvalue weighted by molar-refractivity contribution is 5.79. The normalized spacial score (nSPS) is 20.0. The zero-order valence-corrected chi connectivity index (χ0v) is 17.7. The van der Waals surface area contributed by atoms with Crippen molar-refractivity contribution < 1.29 is 9.84 Å². The Bertz CT molecular complexity index is 690. The highest BCUT2D eigenvalue weighted by Crippen LogP contribution is 2.19. The van der Waals surface area contributed by atoms with Crippen LogP contribution in [0.1, 0.15) is 19.4 Å². The number of benzene rings is 1. The molecule has 1 atom stereocenters. The molecule has 3 N–H and O–H groups in total. The minimum absolute atomic E-state index is 0.440. The van der Waals surface area contributed by atoms with E-state index in [1.54, 1.807) is 0 Å². The molecule has 0 spiro atoms. The van der Waals surface area contributed by atoms with Crippen molar-refractivity contribution in [1.29, 1.82) is 0 Å². The van der Waals surface area contributed by atoms with Gasteiger partial charge in [0.15, 0.2) is 5.96 Å². The molecule has 0 aliphatic carbocycles. The number of nitrogens with one attached hydrogen (secondary N) is 2. The number of rotatable bonds is 8. The molecule has 0 radical (unpaired) electrons. The lowest BCUT2D eigenvalue weighted by molar-refractivity contribution is -0.0201. The second kappa shape index (κ2) is 10.6. The van der Waals surface area contributed by atoms with Gasteiger partial charge in [0.05, 0.1) is 25.4 Å². The first kappa shape index (κ1) is 21.6. The number of hydrogen-bond acceptors (Lipinski definition) is 5. The Morgan fingerprint density at radius 2 is 1.97 bits per heavy atom. The molecular weight excluding hydrogens is 366 g/mol. The van der Waals surface area contributed by atoms with Crippen molar-refractivity contribution in [2.24, 2.45) is 4.99 Å². The Hall–Kier alpha value is -2.09. The van der Waals surface area contributed by atoms with E-state index in [-0.39, 0.29) is 0 Å². The van der Waals surface area contributed by atoms with Crippen LogP contribution in [0, 0.1) is 0 Å². The average Bonchev–Trinajstić information content (AvgIpc) is 3.26. The van der Waals surface area contributed by atoms with E-state index in [9.17, 15) is 5.11 Å². The minimum atomic E-state index is -0.837. The maximum atomic E-state index is 10.8. The molecule has 7 nitrogen and oxygen atoms in total. The van der Waals surface area contributed by atoms with E-state index in [1.165, 1.54) is 11.3 Å². The molecule has 29 heavy (non-hydrogen) atoms. The van der Waals surface area contributed by atoms with Crippen molar-refractivity contribution >= 4 is 11.6 Å². The van der Waals surface area contributed by atoms with Crippen molar-refractivity contribution in [3.05, 3.63) is 42.0 Å². The van der Waals surface area contributed by atoms with Gasteiger partial charge >= 0.3 is 0 Å². The molecule has 160 valence electrons. The van der Waals surface area contributed by atoms with E-state index in [0.717, 1.165) is 51.9 Å². The maximum absolute atomic E-state index is 10.8. The van der Waals surface area contributed by atoms with Crippen LogP contribution >= 0.6 is 0 Å². The Morgan fingerprint density at radius 3 is 2.69 bits per heavy atom. The van der Waals surface area contributed by atoms with Gasteiger partial charge in [-0.3, -0.25) is 4.90 Å². The molecular formula is C22H35N5O2. The summed E-state index contributed by atoms with van der Waals surface area (Å²) < 4.78 is 5.38. The van der Waals surface area contributed by atoms with Gasteiger partial charge in [-0.25, -0.2) is 4.99 Å². The van der Waals surface area contributed by atoms with E-state index in [4.69, 9.17) is 9.73 Å². The number of β-amino-alcohol motifs (C(OH)–C–C–N with tert-alkyl or cyclic N) is 1. The monoisotopic (exact) mass is 401 g/mol. The predicted molar refractivity (Wildman–Crippen MR) is 118 cm³/mol. The third-order valence-corrected chi connectivity index (χ3v) is 5.16. The van der Waals surface area contributed by atoms with Gasteiger partial charge < -0.3 is 25.4 Å².